The first-order valence-electron chi connectivity index (χ1n) is 6.46. The first kappa shape index (κ1) is 15.6. The third kappa shape index (κ3) is 3.09. The van der Waals surface area contributed by atoms with Crippen LogP contribution in [0.15, 0.2) is 17.0 Å². The first-order valence-corrected chi connectivity index (χ1v) is 8.27. The van der Waals surface area contributed by atoms with Crippen LogP contribution in [0.4, 0.5) is 5.69 Å². The van der Waals surface area contributed by atoms with E-state index in [0.717, 1.165) is 12.8 Å². The number of benzene rings is 1. The lowest BCUT2D eigenvalue weighted by Gasteiger charge is -2.21. The van der Waals surface area contributed by atoms with Gasteiger partial charge in [-0.25, -0.2) is 8.42 Å². The Bertz CT molecular complexity index is 575. The summed E-state index contributed by atoms with van der Waals surface area (Å²) in [5.74, 6) is 0. The van der Waals surface area contributed by atoms with E-state index in [1.807, 2.05) is 0 Å². The summed E-state index contributed by atoms with van der Waals surface area (Å²) in [7, 11) is -2.02. The SMILES string of the molecule is Cc1cc(S(=O)(=O)N(C)CC2CCCO2)cc(N)c1Cl. The summed E-state index contributed by atoms with van der Waals surface area (Å²) in [6, 6.07) is 2.94. The van der Waals surface area contributed by atoms with E-state index in [4.69, 9.17) is 22.1 Å². The third-order valence-electron chi connectivity index (χ3n) is 3.45. The van der Waals surface area contributed by atoms with Gasteiger partial charge in [0.1, 0.15) is 0 Å². The number of rotatable bonds is 4. The number of likely N-dealkylation sites (N-methyl/N-ethyl adjacent to an activating group) is 1. The lowest BCUT2D eigenvalue weighted by Crippen LogP contribution is -2.34. The zero-order chi connectivity index (χ0) is 14.9. The average molecular weight is 319 g/mol. The standard InChI is InChI=1S/C13H19ClN2O3S/c1-9-6-11(7-12(15)13(9)14)20(17,18)16(2)8-10-4-3-5-19-10/h6-7,10H,3-5,8,15H2,1-2H3. The Balaban J connectivity index is 2.25. The number of hydrogen-bond acceptors (Lipinski definition) is 4. The van der Waals surface area contributed by atoms with E-state index >= 15 is 0 Å². The second-order valence-electron chi connectivity index (χ2n) is 5.06. The van der Waals surface area contributed by atoms with Gasteiger partial charge >= 0.3 is 0 Å². The van der Waals surface area contributed by atoms with E-state index in [2.05, 4.69) is 0 Å². The van der Waals surface area contributed by atoms with Gasteiger partial charge in [-0.1, -0.05) is 11.6 Å². The lowest BCUT2D eigenvalue weighted by molar-refractivity contribution is 0.0979. The van der Waals surface area contributed by atoms with Crippen molar-refractivity contribution < 1.29 is 13.2 Å². The van der Waals surface area contributed by atoms with Crippen molar-refractivity contribution in [2.45, 2.75) is 30.8 Å². The molecule has 0 spiro atoms. The predicted octanol–water partition coefficient (Wildman–Crippen LogP) is 2.03. The van der Waals surface area contributed by atoms with Crippen LogP contribution >= 0.6 is 11.6 Å². The van der Waals surface area contributed by atoms with Crippen LogP contribution in [-0.4, -0.2) is 39.0 Å². The molecule has 0 bridgehead atoms. The molecule has 1 heterocycles. The third-order valence-corrected chi connectivity index (χ3v) is 5.77. The zero-order valence-corrected chi connectivity index (χ0v) is 13.2. The number of hydrogen-bond donors (Lipinski definition) is 1. The maximum Gasteiger partial charge on any atom is 0.242 e. The van der Waals surface area contributed by atoms with Crippen molar-refractivity contribution >= 4 is 27.3 Å². The molecule has 1 aliphatic rings. The van der Waals surface area contributed by atoms with Gasteiger partial charge in [0.2, 0.25) is 10.0 Å². The van der Waals surface area contributed by atoms with Gasteiger partial charge in [0, 0.05) is 20.2 Å². The number of sulfonamides is 1. The summed E-state index contributed by atoms with van der Waals surface area (Å²) in [4.78, 5) is 0.164. The summed E-state index contributed by atoms with van der Waals surface area (Å²) in [6.07, 6.45) is 1.84. The maximum absolute atomic E-state index is 12.5. The van der Waals surface area contributed by atoms with Crippen LogP contribution < -0.4 is 5.73 Å². The summed E-state index contributed by atoms with van der Waals surface area (Å²) >= 11 is 5.96. The fourth-order valence-corrected chi connectivity index (χ4v) is 3.70. The van der Waals surface area contributed by atoms with Crippen molar-refractivity contribution in [2.24, 2.45) is 0 Å². The Morgan fingerprint density at radius 3 is 2.75 bits per heavy atom. The van der Waals surface area contributed by atoms with Crippen molar-refractivity contribution in [2.75, 3.05) is 25.9 Å². The summed E-state index contributed by atoms with van der Waals surface area (Å²) < 4.78 is 31.8. The molecule has 1 aromatic rings. The molecule has 112 valence electrons. The Morgan fingerprint density at radius 2 is 2.20 bits per heavy atom. The Morgan fingerprint density at radius 1 is 1.50 bits per heavy atom. The van der Waals surface area contributed by atoms with E-state index in [0.29, 0.717) is 23.7 Å². The smallest absolute Gasteiger partial charge is 0.242 e. The second-order valence-corrected chi connectivity index (χ2v) is 7.49. The highest BCUT2D eigenvalue weighted by Crippen LogP contribution is 2.28. The van der Waals surface area contributed by atoms with Gasteiger partial charge in [-0.15, -0.1) is 0 Å². The molecule has 0 radical (unpaired) electrons. The van der Waals surface area contributed by atoms with E-state index in [1.165, 1.54) is 10.4 Å². The Kier molecular flexibility index (Phi) is 4.59. The highest BCUT2D eigenvalue weighted by Gasteiger charge is 2.26. The molecule has 0 aliphatic carbocycles. The minimum absolute atomic E-state index is 0.0273. The van der Waals surface area contributed by atoms with Gasteiger partial charge in [-0.2, -0.15) is 4.31 Å². The minimum Gasteiger partial charge on any atom is -0.397 e. The van der Waals surface area contributed by atoms with E-state index < -0.39 is 10.0 Å². The minimum atomic E-state index is -3.57. The number of nitrogens with two attached hydrogens (primary N) is 1. The molecule has 1 fully saturated rings. The Hall–Kier alpha value is -0.820. The number of anilines is 1. The summed E-state index contributed by atoms with van der Waals surface area (Å²) in [5, 5.41) is 0.394. The molecule has 1 aromatic carbocycles. The van der Waals surface area contributed by atoms with Crippen molar-refractivity contribution in [3.8, 4) is 0 Å². The number of halogens is 1. The van der Waals surface area contributed by atoms with E-state index in [-0.39, 0.29) is 16.7 Å². The number of nitrogens with zero attached hydrogens (tertiary/aromatic N) is 1. The first-order chi connectivity index (χ1) is 9.32. The molecule has 1 saturated heterocycles. The van der Waals surface area contributed by atoms with Gasteiger partial charge in [0.15, 0.2) is 0 Å². The van der Waals surface area contributed by atoms with E-state index in [1.54, 1.807) is 20.0 Å². The molecule has 5 nitrogen and oxygen atoms in total. The van der Waals surface area contributed by atoms with Gasteiger partial charge in [0.05, 0.1) is 21.7 Å². The largest absolute Gasteiger partial charge is 0.397 e. The molecule has 2 rings (SSSR count). The van der Waals surface area contributed by atoms with Gasteiger partial charge < -0.3 is 10.5 Å². The molecule has 1 atom stereocenters. The maximum atomic E-state index is 12.5. The van der Waals surface area contributed by atoms with E-state index in [9.17, 15) is 8.42 Å². The van der Waals surface area contributed by atoms with Gasteiger partial charge in [0.25, 0.3) is 0 Å². The molecule has 0 saturated carbocycles. The predicted molar refractivity (Wildman–Crippen MR) is 79.4 cm³/mol. The van der Waals surface area contributed by atoms with Crippen LogP contribution in [0.3, 0.4) is 0 Å². The normalized spacial score (nSPS) is 19.7. The second kappa shape index (κ2) is 5.89. The monoisotopic (exact) mass is 318 g/mol. The quantitative estimate of drug-likeness (QED) is 0.862. The molecular formula is C13H19ClN2O3S. The lowest BCUT2D eigenvalue weighted by atomic mass is 10.2. The highest BCUT2D eigenvalue weighted by molar-refractivity contribution is 7.89. The summed E-state index contributed by atoms with van der Waals surface area (Å²) in [5.41, 5.74) is 6.66. The topological polar surface area (TPSA) is 72.6 Å². The fraction of sp³-hybridized carbons (Fsp3) is 0.538. The van der Waals surface area contributed by atoms with Crippen LogP contribution in [0.5, 0.6) is 0 Å². The van der Waals surface area contributed by atoms with Crippen molar-refractivity contribution in [1.82, 2.24) is 4.31 Å². The highest BCUT2D eigenvalue weighted by atomic mass is 35.5. The van der Waals surface area contributed by atoms with Crippen LogP contribution in [-0.2, 0) is 14.8 Å². The summed E-state index contributed by atoms with van der Waals surface area (Å²) in [6.45, 7) is 2.78. The average Bonchev–Trinajstić information content (AvgIpc) is 2.88. The zero-order valence-electron chi connectivity index (χ0n) is 11.6. The molecule has 0 amide bonds. The van der Waals surface area contributed by atoms with Crippen molar-refractivity contribution in [1.29, 1.82) is 0 Å². The van der Waals surface area contributed by atoms with Crippen LogP contribution in [0, 0.1) is 6.92 Å². The molecule has 7 heteroatoms. The Labute approximate surface area is 124 Å². The van der Waals surface area contributed by atoms with Crippen LogP contribution in [0.1, 0.15) is 18.4 Å². The number of nitrogen functional groups attached to an aromatic ring is 1. The fourth-order valence-electron chi connectivity index (χ4n) is 2.26. The van der Waals surface area contributed by atoms with Crippen LogP contribution in [0.2, 0.25) is 5.02 Å². The van der Waals surface area contributed by atoms with Crippen LogP contribution in [0.25, 0.3) is 0 Å². The molecular weight excluding hydrogens is 300 g/mol. The van der Waals surface area contributed by atoms with Crippen molar-refractivity contribution in [3.05, 3.63) is 22.7 Å². The van der Waals surface area contributed by atoms with Crippen molar-refractivity contribution in [3.63, 3.8) is 0 Å². The molecule has 0 aromatic heterocycles. The molecule has 1 unspecified atom stereocenters. The number of ether oxygens (including phenoxy) is 1. The number of aryl methyl sites for hydroxylation is 1. The molecule has 2 N–H and O–H groups in total. The molecule has 1 aliphatic heterocycles. The molecule has 20 heavy (non-hydrogen) atoms. The van der Waals surface area contributed by atoms with Gasteiger partial charge in [-0.3, -0.25) is 0 Å². The van der Waals surface area contributed by atoms with Gasteiger partial charge in [-0.05, 0) is 37.5 Å².